The van der Waals surface area contributed by atoms with Crippen LogP contribution in [0.15, 0.2) is 6.07 Å². The molecule has 19 heavy (non-hydrogen) atoms. The number of nitro groups is 1. The minimum atomic E-state index is -0.534. The van der Waals surface area contributed by atoms with Gasteiger partial charge in [-0.2, -0.15) is 4.68 Å². The maximum absolute atomic E-state index is 11.9. The van der Waals surface area contributed by atoms with Crippen LogP contribution in [0.4, 0.5) is 5.82 Å². The molecule has 1 rings (SSSR count). The van der Waals surface area contributed by atoms with Gasteiger partial charge in [0.05, 0.1) is 29.3 Å². The summed E-state index contributed by atoms with van der Waals surface area (Å²) < 4.78 is 1.50. The van der Waals surface area contributed by atoms with Gasteiger partial charge in [0.2, 0.25) is 5.91 Å². The zero-order valence-electron chi connectivity index (χ0n) is 11.7. The Balaban J connectivity index is 2.68. The lowest BCUT2D eigenvalue weighted by Gasteiger charge is -2.15. The molecule has 7 heteroatoms. The van der Waals surface area contributed by atoms with Gasteiger partial charge in [0.25, 0.3) is 0 Å². The predicted octanol–water partition coefficient (Wildman–Crippen LogP) is 1.65. The van der Waals surface area contributed by atoms with Gasteiger partial charge in [0.1, 0.15) is 0 Å². The van der Waals surface area contributed by atoms with Crippen LogP contribution in [0.3, 0.4) is 0 Å². The first-order chi connectivity index (χ1) is 8.85. The Hall–Kier alpha value is -1.92. The van der Waals surface area contributed by atoms with Crippen molar-refractivity contribution in [2.45, 2.75) is 46.7 Å². The first-order valence-electron chi connectivity index (χ1n) is 6.34. The van der Waals surface area contributed by atoms with E-state index in [1.807, 2.05) is 13.8 Å². The molecule has 0 aromatic carbocycles. The van der Waals surface area contributed by atoms with E-state index in [1.165, 1.54) is 10.7 Å². The van der Waals surface area contributed by atoms with Gasteiger partial charge >= 0.3 is 5.82 Å². The second-order valence-electron chi connectivity index (χ2n) is 4.80. The van der Waals surface area contributed by atoms with Crippen molar-refractivity contribution in [3.63, 3.8) is 0 Å². The minimum absolute atomic E-state index is 0.0631. The number of hydrogen-bond donors (Lipinski definition) is 1. The molecule has 0 spiro atoms. The first kappa shape index (κ1) is 15.1. The molecule has 2 atom stereocenters. The lowest BCUT2D eigenvalue weighted by molar-refractivity contribution is -0.389. The van der Waals surface area contributed by atoms with Crippen LogP contribution in [0.1, 0.15) is 32.9 Å². The highest BCUT2D eigenvalue weighted by molar-refractivity contribution is 5.78. The summed E-state index contributed by atoms with van der Waals surface area (Å²) in [6.07, 6.45) is 0.866. The molecular weight excluding hydrogens is 248 g/mol. The van der Waals surface area contributed by atoms with E-state index in [2.05, 4.69) is 10.4 Å². The van der Waals surface area contributed by atoms with E-state index in [4.69, 9.17) is 0 Å². The van der Waals surface area contributed by atoms with Crippen LogP contribution in [-0.2, 0) is 11.3 Å². The average Bonchev–Trinajstić information content (AvgIpc) is 2.70. The van der Waals surface area contributed by atoms with Crippen molar-refractivity contribution in [1.29, 1.82) is 0 Å². The van der Waals surface area contributed by atoms with Crippen molar-refractivity contribution < 1.29 is 9.72 Å². The van der Waals surface area contributed by atoms with E-state index in [-0.39, 0.29) is 23.7 Å². The van der Waals surface area contributed by atoms with Crippen LogP contribution < -0.4 is 5.32 Å². The van der Waals surface area contributed by atoms with Crippen LogP contribution in [0.25, 0.3) is 0 Å². The van der Waals surface area contributed by atoms with Crippen molar-refractivity contribution in [3.05, 3.63) is 21.9 Å². The number of aromatic nitrogens is 2. The molecule has 0 saturated heterocycles. The number of hydrogen-bond acceptors (Lipinski definition) is 4. The Kier molecular flexibility index (Phi) is 5.02. The van der Waals surface area contributed by atoms with Gasteiger partial charge < -0.3 is 15.4 Å². The summed E-state index contributed by atoms with van der Waals surface area (Å²) in [6, 6.07) is 1.53. The Morgan fingerprint density at radius 2 is 2.21 bits per heavy atom. The molecule has 0 fully saturated rings. The number of carbonyl (C=O) groups is 1. The van der Waals surface area contributed by atoms with Gasteiger partial charge in [-0.1, -0.05) is 13.8 Å². The molecule has 0 bridgehead atoms. The summed E-state index contributed by atoms with van der Waals surface area (Å²) in [5, 5.41) is 17.4. The van der Waals surface area contributed by atoms with Crippen LogP contribution >= 0.6 is 0 Å². The molecule has 2 unspecified atom stereocenters. The third kappa shape index (κ3) is 4.04. The normalized spacial score (nSPS) is 13.9. The molecule has 0 aliphatic heterocycles. The molecule has 7 nitrogen and oxygen atoms in total. The standard InChI is InChI=1S/C12H20N4O3/c1-5-9(3)13-12(17)8(2)7-15-10(4)6-11(14-15)16(18)19/h6,8-9H,5,7H2,1-4H3,(H,13,17). The van der Waals surface area contributed by atoms with E-state index in [1.54, 1.807) is 13.8 Å². The molecule has 1 aromatic rings. The number of nitrogens with one attached hydrogen (secondary N) is 1. The van der Waals surface area contributed by atoms with Crippen LogP contribution in [0.2, 0.25) is 0 Å². The fourth-order valence-corrected chi connectivity index (χ4v) is 1.60. The fraction of sp³-hybridized carbons (Fsp3) is 0.667. The molecule has 106 valence electrons. The Bertz CT molecular complexity index is 470. The number of amides is 1. The van der Waals surface area contributed by atoms with E-state index in [0.29, 0.717) is 12.2 Å². The monoisotopic (exact) mass is 268 g/mol. The lowest BCUT2D eigenvalue weighted by atomic mass is 10.1. The molecule has 1 aromatic heterocycles. The number of carbonyl (C=O) groups excluding carboxylic acids is 1. The second-order valence-corrected chi connectivity index (χ2v) is 4.80. The summed E-state index contributed by atoms with van der Waals surface area (Å²) in [4.78, 5) is 22.0. The highest BCUT2D eigenvalue weighted by Gasteiger charge is 2.21. The van der Waals surface area contributed by atoms with Gasteiger partial charge in [0.15, 0.2) is 0 Å². The summed E-state index contributed by atoms with van der Waals surface area (Å²) in [7, 11) is 0. The van der Waals surface area contributed by atoms with E-state index < -0.39 is 4.92 Å². The van der Waals surface area contributed by atoms with Gasteiger partial charge in [-0.15, -0.1) is 0 Å². The van der Waals surface area contributed by atoms with Crippen molar-refractivity contribution in [2.24, 2.45) is 5.92 Å². The van der Waals surface area contributed by atoms with Crippen molar-refractivity contribution in [2.75, 3.05) is 0 Å². The Labute approximate surface area is 112 Å². The third-order valence-electron chi connectivity index (χ3n) is 3.05. The molecule has 1 amide bonds. The van der Waals surface area contributed by atoms with Crippen LogP contribution in [0, 0.1) is 23.0 Å². The largest absolute Gasteiger partial charge is 0.390 e. The van der Waals surface area contributed by atoms with Gasteiger partial charge in [-0.05, 0) is 25.2 Å². The van der Waals surface area contributed by atoms with Crippen molar-refractivity contribution in [3.8, 4) is 0 Å². The molecule has 0 aliphatic rings. The zero-order chi connectivity index (χ0) is 14.6. The van der Waals surface area contributed by atoms with Gasteiger partial charge in [0, 0.05) is 6.04 Å². The van der Waals surface area contributed by atoms with Crippen LogP contribution in [-0.4, -0.2) is 26.7 Å². The van der Waals surface area contributed by atoms with E-state index in [9.17, 15) is 14.9 Å². The molecule has 0 saturated carbocycles. The van der Waals surface area contributed by atoms with Crippen LogP contribution in [0.5, 0.6) is 0 Å². The quantitative estimate of drug-likeness (QED) is 0.627. The smallest absolute Gasteiger partial charge is 0.358 e. The Morgan fingerprint density at radius 1 is 1.58 bits per heavy atom. The maximum Gasteiger partial charge on any atom is 0.390 e. The molecular formula is C12H20N4O3. The Morgan fingerprint density at radius 3 is 2.68 bits per heavy atom. The van der Waals surface area contributed by atoms with E-state index >= 15 is 0 Å². The van der Waals surface area contributed by atoms with E-state index in [0.717, 1.165) is 6.42 Å². The number of nitrogens with zero attached hydrogens (tertiary/aromatic N) is 3. The zero-order valence-corrected chi connectivity index (χ0v) is 11.7. The topological polar surface area (TPSA) is 90.1 Å². The second kappa shape index (κ2) is 6.31. The SMILES string of the molecule is CCC(C)NC(=O)C(C)Cn1nc([N+](=O)[O-])cc1C. The summed E-state index contributed by atoms with van der Waals surface area (Å²) in [5.41, 5.74) is 0.676. The van der Waals surface area contributed by atoms with Gasteiger partial charge in [-0.25, -0.2) is 0 Å². The first-order valence-corrected chi connectivity index (χ1v) is 6.34. The summed E-state index contributed by atoms with van der Waals surface area (Å²) in [5.74, 6) is -0.536. The maximum atomic E-state index is 11.9. The van der Waals surface area contributed by atoms with Crippen molar-refractivity contribution >= 4 is 11.7 Å². The summed E-state index contributed by atoms with van der Waals surface area (Å²) in [6.45, 7) is 7.79. The number of rotatable bonds is 6. The lowest BCUT2D eigenvalue weighted by Crippen LogP contribution is -2.37. The van der Waals surface area contributed by atoms with Gasteiger partial charge in [-0.3, -0.25) is 4.79 Å². The molecule has 0 radical (unpaired) electrons. The number of aryl methyl sites for hydroxylation is 1. The molecule has 1 heterocycles. The molecule has 0 aliphatic carbocycles. The highest BCUT2D eigenvalue weighted by atomic mass is 16.6. The van der Waals surface area contributed by atoms with Crippen molar-refractivity contribution in [1.82, 2.24) is 15.1 Å². The predicted molar refractivity (Wildman–Crippen MR) is 70.7 cm³/mol. The molecule has 1 N–H and O–H groups in total. The highest BCUT2D eigenvalue weighted by Crippen LogP contribution is 2.13. The third-order valence-corrected chi connectivity index (χ3v) is 3.05. The summed E-state index contributed by atoms with van der Waals surface area (Å²) >= 11 is 0. The average molecular weight is 268 g/mol. The fourth-order valence-electron chi connectivity index (χ4n) is 1.60. The minimum Gasteiger partial charge on any atom is -0.358 e.